The average Bonchev–Trinajstić information content (AvgIpc) is 2.54. The molecule has 0 unspecified atom stereocenters. The number of anilines is 2. The topological polar surface area (TPSA) is 113 Å². The van der Waals surface area contributed by atoms with Gasteiger partial charge in [-0.15, -0.1) is 0 Å². The molecule has 0 atom stereocenters. The van der Waals surface area contributed by atoms with Crippen LogP contribution >= 0.6 is 0 Å². The molecule has 0 aliphatic heterocycles. The highest BCUT2D eigenvalue weighted by Gasteiger charge is 2.27. The Bertz CT molecular complexity index is 658. The second-order valence-electron chi connectivity index (χ2n) is 6.31. The second-order valence-corrected chi connectivity index (χ2v) is 6.31. The maximum atomic E-state index is 12.3. The molecule has 1 aromatic rings. The summed E-state index contributed by atoms with van der Waals surface area (Å²) >= 11 is 0. The predicted octanol–water partition coefficient (Wildman–Crippen LogP) is 2.56. The number of alkyl halides is 3. The third kappa shape index (κ3) is 6.17. The highest BCUT2D eigenvalue weighted by molar-refractivity contribution is 5.97. The molecular weight excluding hydrogens is 351 g/mol. The van der Waals surface area contributed by atoms with Crippen LogP contribution in [0.3, 0.4) is 0 Å². The van der Waals surface area contributed by atoms with E-state index in [9.17, 15) is 23.1 Å². The van der Waals surface area contributed by atoms with Gasteiger partial charge in [0.15, 0.2) is 0 Å². The van der Waals surface area contributed by atoms with E-state index in [1.165, 1.54) is 6.20 Å². The number of nitrogens with one attached hydrogen (secondary N) is 2. The van der Waals surface area contributed by atoms with Crippen LogP contribution in [0.15, 0.2) is 18.5 Å². The molecule has 1 aliphatic carbocycles. The molecule has 0 spiro atoms. The number of rotatable bonds is 7. The number of amides is 1. The van der Waals surface area contributed by atoms with Gasteiger partial charge in [-0.05, 0) is 32.1 Å². The molecule has 1 aliphatic rings. The van der Waals surface area contributed by atoms with Crippen molar-refractivity contribution in [3.63, 3.8) is 0 Å². The van der Waals surface area contributed by atoms with Crippen LogP contribution in [-0.2, 0) is 0 Å². The van der Waals surface area contributed by atoms with Crippen molar-refractivity contribution in [3.05, 3.63) is 24.0 Å². The van der Waals surface area contributed by atoms with E-state index in [-0.39, 0.29) is 41.6 Å². The molecule has 1 heterocycles. The first-order valence-electron chi connectivity index (χ1n) is 8.27. The van der Waals surface area contributed by atoms with Crippen LogP contribution in [0.2, 0.25) is 0 Å². The Hall–Kier alpha value is -2.36. The number of carbonyl (C=O) groups excluding carboxylic acids is 1. The van der Waals surface area contributed by atoms with Crippen LogP contribution in [0.5, 0.6) is 0 Å². The zero-order valence-electron chi connectivity index (χ0n) is 14.1. The highest BCUT2D eigenvalue weighted by Crippen LogP contribution is 2.25. The molecule has 0 saturated heterocycles. The number of carbonyl (C=O) groups is 1. The number of nitrogens with zero attached hydrogens (tertiary/aromatic N) is 2. The zero-order chi connectivity index (χ0) is 19.3. The fourth-order valence-electron chi connectivity index (χ4n) is 2.65. The van der Waals surface area contributed by atoms with E-state index in [1.807, 2.05) is 0 Å². The van der Waals surface area contributed by atoms with E-state index < -0.39 is 18.5 Å². The molecule has 0 bridgehead atoms. The van der Waals surface area contributed by atoms with Crippen molar-refractivity contribution < 1.29 is 23.1 Å². The van der Waals surface area contributed by atoms with Crippen LogP contribution in [0.4, 0.5) is 24.9 Å². The first-order chi connectivity index (χ1) is 12.1. The summed E-state index contributed by atoms with van der Waals surface area (Å²) in [5.74, 6) is -0.566. The number of hydrogen-bond donors (Lipinski definition) is 4. The Kier molecular flexibility index (Phi) is 6.41. The van der Waals surface area contributed by atoms with Gasteiger partial charge in [0, 0.05) is 24.4 Å². The first kappa shape index (κ1) is 20.0. The van der Waals surface area contributed by atoms with Gasteiger partial charge in [0.2, 0.25) is 5.95 Å². The van der Waals surface area contributed by atoms with Gasteiger partial charge in [0.1, 0.15) is 11.4 Å². The third-order valence-corrected chi connectivity index (χ3v) is 4.09. The Morgan fingerprint density at radius 3 is 2.58 bits per heavy atom. The lowest BCUT2D eigenvalue weighted by atomic mass is 9.93. The standard InChI is InChI=1S/C16H22F3N5O2/c1-9(6-7-16(17,18)19)22-14-12(13(20)26)8-21-15(24-14)23-10-2-4-11(25)5-3-10/h8,10-11,25H,1-7H2,(H2,20,26)(H2,21,22,23,24)/t10-,11-. The molecule has 10 heteroatoms. The summed E-state index contributed by atoms with van der Waals surface area (Å²) in [6, 6.07) is 0.0686. The Morgan fingerprint density at radius 2 is 2.00 bits per heavy atom. The van der Waals surface area contributed by atoms with Gasteiger partial charge < -0.3 is 21.5 Å². The van der Waals surface area contributed by atoms with Crippen molar-refractivity contribution in [1.82, 2.24) is 9.97 Å². The molecular formula is C16H22F3N5O2. The summed E-state index contributed by atoms with van der Waals surface area (Å²) in [5.41, 5.74) is 5.29. The van der Waals surface area contributed by atoms with E-state index >= 15 is 0 Å². The maximum absolute atomic E-state index is 12.3. The lowest BCUT2D eigenvalue weighted by molar-refractivity contribution is -0.133. The number of aromatic nitrogens is 2. The molecule has 7 nitrogen and oxygen atoms in total. The van der Waals surface area contributed by atoms with Gasteiger partial charge in [0.25, 0.3) is 5.91 Å². The summed E-state index contributed by atoms with van der Waals surface area (Å²) in [5, 5.41) is 15.3. The Morgan fingerprint density at radius 1 is 1.35 bits per heavy atom. The minimum Gasteiger partial charge on any atom is -0.393 e. The van der Waals surface area contributed by atoms with Crippen LogP contribution in [0, 0.1) is 0 Å². The number of halogens is 3. The lowest BCUT2D eigenvalue weighted by Crippen LogP contribution is -2.29. The van der Waals surface area contributed by atoms with Crippen molar-refractivity contribution in [2.45, 2.75) is 56.8 Å². The summed E-state index contributed by atoms with van der Waals surface area (Å²) in [7, 11) is 0. The molecule has 2 rings (SSSR count). The van der Waals surface area contributed by atoms with Crippen molar-refractivity contribution in [3.8, 4) is 0 Å². The van der Waals surface area contributed by atoms with Gasteiger partial charge >= 0.3 is 6.18 Å². The van der Waals surface area contributed by atoms with E-state index in [0.29, 0.717) is 12.8 Å². The molecule has 1 fully saturated rings. The van der Waals surface area contributed by atoms with Crippen LogP contribution in [-0.4, -0.2) is 39.3 Å². The minimum atomic E-state index is -4.30. The minimum absolute atomic E-state index is 0.0121. The molecule has 26 heavy (non-hydrogen) atoms. The number of hydrogen-bond acceptors (Lipinski definition) is 6. The van der Waals surface area contributed by atoms with Crippen molar-refractivity contribution in [1.29, 1.82) is 0 Å². The monoisotopic (exact) mass is 373 g/mol. The smallest absolute Gasteiger partial charge is 0.389 e. The first-order valence-corrected chi connectivity index (χ1v) is 8.27. The molecule has 1 aromatic heterocycles. The van der Waals surface area contributed by atoms with Crippen molar-refractivity contribution in [2.24, 2.45) is 5.73 Å². The molecule has 144 valence electrons. The van der Waals surface area contributed by atoms with Crippen molar-refractivity contribution in [2.75, 3.05) is 10.6 Å². The summed E-state index contributed by atoms with van der Waals surface area (Å²) in [6.07, 6.45) is -1.98. The van der Waals surface area contributed by atoms with Gasteiger partial charge in [-0.1, -0.05) is 6.58 Å². The molecule has 5 N–H and O–H groups in total. The van der Waals surface area contributed by atoms with E-state index in [4.69, 9.17) is 5.73 Å². The lowest BCUT2D eigenvalue weighted by Gasteiger charge is -2.26. The molecule has 1 saturated carbocycles. The average molecular weight is 373 g/mol. The fourth-order valence-corrected chi connectivity index (χ4v) is 2.65. The largest absolute Gasteiger partial charge is 0.393 e. The van der Waals surface area contributed by atoms with Gasteiger partial charge in [-0.25, -0.2) is 4.98 Å². The Balaban J connectivity index is 2.07. The predicted molar refractivity (Wildman–Crippen MR) is 90.5 cm³/mol. The third-order valence-electron chi connectivity index (χ3n) is 4.09. The molecule has 1 amide bonds. The number of primary amides is 1. The zero-order valence-corrected chi connectivity index (χ0v) is 14.1. The second kappa shape index (κ2) is 8.35. The van der Waals surface area contributed by atoms with Crippen LogP contribution in [0.1, 0.15) is 48.9 Å². The van der Waals surface area contributed by atoms with Crippen molar-refractivity contribution >= 4 is 17.7 Å². The van der Waals surface area contributed by atoms with E-state index in [0.717, 1.165) is 12.8 Å². The summed E-state index contributed by atoms with van der Waals surface area (Å²) < 4.78 is 37.0. The number of aliphatic hydroxyl groups excluding tert-OH is 1. The van der Waals surface area contributed by atoms with E-state index in [1.54, 1.807) is 0 Å². The number of nitrogens with two attached hydrogens (primary N) is 1. The van der Waals surface area contributed by atoms with Gasteiger partial charge in [0.05, 0.1) is 6.10 Å². The van der Waals surface area contributed by atoms with Gasteiger partial charge in [-0.2, -0.15) is 18.2 Å². The quantitative estimate of drug-likeness (QED) is 0.584. The SMILES string of the molecule is C=C(CCC(F)(F)F)Nc1nc(N[C@H]2CC[C@H](O)CC2)ncc1C(N)=O. The molecule has 0 aromatic carbocycles. The van der Waals surface area contributed by atoms with Crippen LogP contribution < -0.4 is 16.4 Å². The molecule has 0 radical (unpaired) electrons. The summed E-state index contributed by atoms with van der Waals surface area (Å²) in [6.45, 7) is 3.54. The van der Waals surface area contributed by atoms with Gasteiger partial charge in [-0.3, -0.25) is 4.79 Å². The normalized spacial score (nSPS) is 20.5. The maximum Gasteiger partial charge on any atom is 0.389 e. The number of allylic oxidation sites excluding steroid dienone is 1. The Labute approximate surface area is 148 Å². The number of aliphatic hydroxyl groups is 1. The van der Waals surface area contributed by atoms with E-state index in [2.05, 4.69) is 27.2 Å². The van der Waals surface area contributed by atoms with Crippen LogP contribution in [0.25, 0.3) is 0 Å². The fraction of sp³-hybridized carbons (Fsp3) is 0.562. The highest BCUT2D eigenvalue weighted by atomic mass is 19.4. The summed E-state index contributed by atoms with van der Waals surface area (Å²) in [4.78, 5) is 19.7.